The smallest absolute Gasteiger partial charge is 0.0745 e. The van der Waals surface area contributed by atoms with Crippen LogP contribution in [0, 0.1) is 0 Å². The summed E-state index contributed by atoms with van der Waals surface area (Å²) in [5.41, 5.74) is 7.77. The summed E-state index contributed by atoms with van der Waals surface area (Å²) in [4.78, 5) is 6.74. The number of anilines is 1. The van der Waals surface area contributed by atoms with Gasteiger partial charge in [0.1, 0.15) is 0 Å². The van der Waals surface area contributed by atoms with Gasteiger partial charge in [-0.25, -0.2) is 0 Å². The Morgan fingerprint density at radius 2 is 2.00 bits per heavy atom. The number of rotatable bonds is 6. The molecule has 5 heteroatoms. The highest BCUT2D eigenvalue weighted by Gasteiger charge is 2.09. The molecule has 1 heterocycles. The number of halogens is 1. The third-order valence-corrected chi connectivity index (χ3v) is 3.51. The van der Waals surface area contributed by atoms with E-state index < -0.39 is 0 Å². The minimum atomic E-state index is 0.520. The molecule has 20 heavy (non-hydrogen) atoms. The molecule has 0 amide bonds. The first-order valence-electron chi connectivity index (χ1n) is 6.33. The highest BCUT2D eigenvalue weighted by Crippen LogP contribution is 2.21. The molecule has 2 rings (SSSR count). The van der Waals surface area contributed by atoms with Gasteiger partial charge in [-0.2, -0.15) is 0 Å². The maximum absolute atomic E-state index is 6.18. The fraction of sp³-hybridized carbons (Fsp3) is 0.200. The Bertz CT molecular complexity index is 574. The Balaban J connectivity index is 2.18. The SMILES string of the molecule is NC(=S)CCN(Cc1ccncc1Cl)c1ccccc1. The molecule has 1 aromatic carbocycles. The Labute approximate surface area is 129 Å². The summed E-state index contributed by atoms with van der Waals surface area (Å²) >= 11 is 11.1. The average molecular weight is 306 g/mol. The molecule has 0 bridgehead atoms. The number of benzene rings is 1. The van der Waals surface area contributed by atoms with Crippen molar-refractivity contribution < 1.29 is 0 Å². The number of hydrogen-bond acceptors (Lipinski definition) is 3. The van der Waals surface area contributed by atoms with Gasteiger partial charge < -0.3 is 10.6 Å². The highest BCUT2D eigenvalue weighted by molar-refractivity contribution is 7.80. The van der Waals surface area contributed by atoms with Crippen LogP contribution in [0.1, 0.15) is 12.0 Å². The number of pyridine rings is 1. The van der Waals surface area contributed by atoms with Gasteiger partial charge in [0.25, 0.3) is 0 Å². The Morgan fingerprint density at radius 3 is 2.65 bits per heavy atom. The van der Waals surface area contributed by atoms with E-state index in [0.717, 1.165) is 17.8 Å². The van der Waals surface area contributed by atoms with Crippen molar-refractivity contribution in [2.75, 3.05) is 11.4 Å². The molecule has 0 fully saturated rings. The van der Waals surface area contributed by atoms with Gasteiger partial charge in [-0.3, -0.25) is 4.98 Å². The van der Waals surface area contributed by atoms with Gasteiger partial charge in [-0.15, -0.1) is 0 Å². The van der Waals surface area contributed by atoms with Crippen molar-refractivity contribution in [1.82, 2.24) is 4.98 Å². The summed E-state index contributed by atoms with van der Waals surface area (Å²) < 4.78 is 0. The van der Waals surface area contributed by atoms with E-state index in [2.05, 4.69) is 22.0 Å². The standard InChI is InChI=1S/C15H16ClN3S/c16-14-10-18-8-6-12(14)11-19(9-7-15(17)20)13-4-2-1-3-5-13/h1-6,8,10H,7,9,11H2,(H2,17,20). The number of hydrogen-bond donors (Lipinski definition) is 1. The zero-order valence-corrected chi connectivity index (χ0v) is 12.6. The lowest BCUT2D eigenvalue weighted by Crippen LogP contribution is -2.27. The summed E-state index contributed by atoms with van der Waals surface area (Å²) in [6.45, 7) is 1.46. The zero-order chi connectivity index (χ0) is 14.4. The first-order valence-corrected chi connectivity index (χ1v) is 7.12. The van der Waals surface area contributed by atoms with Gasteiger partial charge in [0.2, 0.25) is 0 Å². The zero-order valence-electron chi connectivity index (χ0n) is 11.0. The third-order valence-electron chi connectivity index (χ3n) is 2.97. The van der Waals surface area contributed by atoms with Crippen molar-refractivity contribution in [1.29, 1.82) is 0 Å². The van der Waals surface area contributed by atoms with Gasteiger partial charge >= 0.3 is 0 Å². The molecule has 0 aliphatic heterocycles. The van der Waals surface area contributed by atoms with Crippen LogP contribution in [0.3, 0.4) is 0 Å². The van der Waals surface area contributed by atoms with Crippen LogP contribution < -0.4 is 10.6 Å². The van der Waals surface area contributed by atoms with E-state index in [9.17, 15) is 0 Å². The largest absolute Gasteiger partial charge is 0.393 e. The number of aromatic nitrogens is 1. The van der Waals surface area contributed by atoms with Crippen LogP contribution in [0.4, 0.5) is 5.69 Å². The van der Waals surface area contributed by atoms with Crippen molar-refractivity contribution in [3.63, 3.8) is 0 Å². The lowest BCUT2D eigenvalue weighted by Gasteiger charge is -2.25. The van der Waals surface area contributed by atoms with Crippen molar-refractivity contribution in [3.05, 3.63) is 59.4 Å². The normalized spacial score (nSPS) is 10.2. The van der Waals surface area contributed by atoms with Crippen LogP contribution >= 0.6 is 23.8 Å². The molecule has 0 atom stereocenters. The van der Waals surface area contributed by atoms with Gasteiger partial charge in [0.15, 0.2) is 0 Å². The summed E-state index contributed by atoms with van der Waals surface area (Å²) in [7, 11) is 0. The van der Waals surface area contributed by atoms with E-state index in [1.54, 1.807) is 12.4 Å². The number of nitrogens with two attached hydrogens (primary N) is 1. The molecule has 0 spiro atoms. The van der Waals surface area contributed by atoms with Crippen molar-refractivity contribution >= 4 is 34.5 Å². The van der Waals surface area contributed by atoms with E-state index in [0.29, 0.717) is 23.0 Å². The highest BCUT2D eigenvalue weighted by atomic mass is 35.5. The summed E-state index contributed by atoms with van der Waals surface area (Å²) in [5.74, 6) is 0. The minimum Gasteiger partial charge on any atom is -0.393 e. The molecule has 0 aliphatic carbocycles. The topological polar surface area (TPSA) is 42.1 Å². The minimum absolute atomic E-state index is 0.520. The van der Waals surface area contributed by atoms with Crippen LogP contribution in [0.2, 0.25) is 5.02 Å². The maximum Gasteiger partial charge on any atom is 0.0745 e. The number of thiocarbonyl (C=S) groups is 1. The Kier molecular flexibility index (Phi) is 5.32. The van der Waals surface area contributed by atoms with E-state index in [-0.39, 0.29) is 0 Å². The summed E-state index contributed by atoms with van der Waals surface area (Å²) in [6, 6.07) is 12.1. The van der Waals surface area contributed by atoms with E-state index in [1.807, 2.05) is 24.3 Å². The lowest BCUT2D eigenvalue weighted by molar-refractivity contribution is 0.805. The molecular formula is C15H16ClN3S. The lowest BCUT2D eigenvalue weighted by atomic mass is 10.2. The molecule has 0 saturated carbocycles. The monoisotopic (exact) mass is 305 g/mol. The quantitative estimate of drug-likeness (QED) is 0.830. The predicted molar refractivity (Wildman–Crippen MR) is 88.1 cm³/mol. The molecule has 2 aromatic rings. The second-order valence-electron chi connectivity index (χ2n) is 4.44. The van der Waals surface area contributed by atoms with Gasteiger partial charge in [0.05, 0.1) is 10.0 Å². The van der Waals surface area contributed by atoms with Gasteiger partial charge in [0, 0.05) is 37.6 Å². The molecule has 3 nitrogen and oxygen atoms in total. The van der Waals surface area contributed by atoms with Gasteiger partial charge in [-0.05, 0) is 23.8 Å². The molecular weight excluding hydrogens is 290 g/mol. The fourth-order valence-corrected chi connectivity index (χ4v) is 2.19. The molecule has 2 N–H and O–H groups in total. The molecule has 1 aromatic heterocycles. The maximum atomic E-state index is 6.18. The van der Waals surface area contributed by atoms with Crippen LogP contribution in [-0.2, 0) is 6.54 Å². The van der Waals surface area contributed by atoms with Crippen LogP contribution in [0.15, 0.2) is 48.8 Å². The molecule has 0 unspecified atom stereocenters. The second kappa shape index (κ2) is 7.22. The number of para-hydroxylation sites is 1. The van der Waals surface area contributed by atoms with Crippen LogP contribution in [0.5, 0.6) is 0 Å². The number of nitrogens with zero attached hydrogens (tertiary/aromatic N) is 2. The molecule has 0 saturated heterocycles. The first kappa shape index (κ1) is 14.8. The predicted octanol–water partition coefficient (Wildman–Crippen LogP) is 3.42. The van der Waals surface area contributed by atoms with E-state index >= 15 is 0 Å². The summed E-state index contributed by atoms with van der Waals surface area (Å²) in [5, 5.41) is 0.670. The van der Waals surface area contributed by atoms with E-state index in [1.165, 1.54) is 0 Å². The van der Waals surface area contributed by atoms with Crippen molar-refractivity contribution in [3.8, 4) is 0 Å². The molecule has 0 radical (unpaired) electrons. The summed E-state index contributed by atoms with van der Waals surface area (Å²) in [6.07, 6.45) is 4.08. The fourth-order valence-electron chi connectivity index (χ4n) is 1.92. The van der Waals surface area contributed by atoms with Gasteiger partial charge in [-0.1, -0.05) is 42.0 Å². The Morgan fingerprint density at radius 1 is 1.25 bits per heavy atom. The first-order chi connectivity index (χ1) is 9.66. The van der Waals surface area contributed by atoms with Crippen molar-refractivity contribution in [2.24, 2.45) is 5.73 Å². The van der Waals surface area contributed by atoms with Crippen LogP contribution in [0.25, 0.3) is 0 Å². The Hall–Kier alpha value is -1.65. The van der Waals surface area contributed by atoms with Crippen molar-refractivity contribution in [2.45, 2.75) is 13.0 Å². The third kappa shape index (κ3) is 4.18. The molecule has 0 aliphatic rings. The molecule has 104 valence electrons. The van der Waals surface area contributed by atoms with E-state index in [4.69, 9.17) is 29.6 Å². The average Bonchev–Trinajstić information content (AvgIpc) is 2.46. The second-order valence-corrected chi connectivity index (χ2v) is 5.37. The van der Waals surface area contributed by atoms with Crippen LogP contribution in [-0.4, -0.2) is 16.5 Å².